The highest BCUT2D eigenvalue weighted by atomic mass is 35.5. The third-order valence-electron chi connectivity index (χ3n) is 3.87. The molecule has 0 aromatic heterocycles. The van der Waals surface area contributed by atoms with Crippen LogP contribution in [0.2, 0.25) is 0 Å². The van der Waals surface area contributed by atoms with Crippen LogP contribution >= 0.6 is 11.6 Å². The van der Waals surface area contributed by atoms with Crippen LogP contribution in [0, 0.1) is 0 Å². The van der Waals surface area contributed by atoms with Crippen molar-refractivity contribution in [3.63, 3.8) is 0 Å². The van der Waals surface area contributed by atoms with Crippen molar-refractivity contribution in [3.05, 3.63) is 29.8 Å². The van der Waals surface area contributed by atoms with Gasteiger partial charge in [-0.1, -0.05) is 25.0 Å². The van der Waals surface area contributed by atoms with Crippen LogP contribution in [0.25, 0.3) is 0 Å². The van der Waals surface area contributed by atoms with E-state index in [4.69, 9.17) is 11.6 Å². The standard InChI is InChI=1S/C15H22ClNO3S/c16-11-3-4-12-7-9-13(10-8-12)21(19,20)17-14-5-1-2-6-15(14)18/h7-10,14-15,17-18H,1-6,11H2. The smallest absolute Gasteiger partial charge is 0.240 e. The summed E-state index contributed by atoms with van der Waals surface area (Å²) in [7, 11) is -3.57. The maximum atomic E-state index is 12.3. The van der Waals surface area contributed by atoms with E-state index >= 15 is 0 Å². The van der Waals surface area contributed by atoms with Crippen LogP contribution in [0.4, 0.5) is 0 Å². The fourth-order valence-electron chi connectivity index (χ4n) is 2.62. The highest BCUT2D eigenvalue weighted by Gasteiger charge is 2.27. The molecule has 1 aromatic rings. The number of nitrogens with one attached hydrogen (secondary N) is 1. The molecule has 0 heterocycles. The van der Waals surface area contributed by atoms with Crippen LogP contribution in [0.3, 0.4) is 0 Å². The van der Waals surface area contributed by atoms with Gasteiger partial charge < -0.3 is 5.11 Å². The topological polar surface area (TPSA) is 66.4 Å². The number of alkyl halides is 1. The van der Waals surface area contributed by atoms with Gasteiger partial charge in [-0.25, -0.2) is 13.1 Å². The Morgan fingerprint density at radius 1 is 1.19 bits per heavy atom. The minimum Gasteiger partial charge on any atom is -0.391 e. The molecule has 2 N–H and O–H groups in total. The summed E-state index contributed by atoms with van der Waals surface area (Å²) in [5.41, 5.74) is 1.08. The second-order valence-electron chi connectivity index (χ2n) is 5.52. The molecule has 0 radical (unpaired) electrons. The number of sulfonamides is 1. The maximum absolute atomic E-state index is 12.3. The van der Waals surface area contributed by atoms with Crippen LogP contribution in [0.1, 0.15) is 37.7 Å². The second kappa shape index (κ2) is 7.58. The predicted molar refractivity (Wildman–Crippen MR) is 84.1 cm³/mol. The zero-order valence-corrected chi connectivity index (χ0v) is 13.5. The molecule has 0 bridgehead atoms. The van der Waals surface area contributed by atoms with Crippen LogP contribution < -0.4 is 4.72 Å². The van der Waals surface area contributed by atoms with Crippen LogP contribution in [0.15, 0.2) is 29.2 Å². The Hall–Kier alpha value is -0.620. The predicted octanol–water partition coefficient (Wildman–Crippen LogP) is 2.44. The van der Waals surface area contributed by atoms with Gasteiger partial charge in [0.15, 0.2) is 0 Å². The third kappa shape index (κ3) is 4.68. The van der Waals surface area contributed by atoms with Crippen LogP contribution in [-0.2, 0) is 16.4 Å². The average Bonchev–Trinajstić information content (AvgIpc) is 2.48. The zero-order valence-electron chi connectivity index (χ0n) is 12.0. The summed E-state index contributed by atoms with van der Waals surface area (Å²) in [6.45, 7) is 0. The van der Waals surface area contributed by atoms with E-state index < -0.39 is 16.1 Å². The number of hydrogen-bond donors (Lipinski definition) is 2. The first kappa shape index (κ1) is 16.7. The lowest BCUT2D eigenvalue weighted by Crippen LogP contribution is -2.44. The molecule has 1 fully saturated rings. The summed E-state index contributed by atoms with van der Waals surface area (Å²) < 4.78 is 27.3. The first-order valence-corrected chi connectivity index (χ1v) is 9.40. The van der Waals surface area contributed by atoms with Crippen molar-refractivity contribution in [2.75, 3.05) is 5.88 Å². The van der Waals surface area contributed by atoms with Gasteiger partial charge in [0.05, 0.1) is 11.0 Å². The monoisotopic (exact) mass is 331 g/mol. The third-order valence-corrected chi connectivity index (χ3v) is 5.64. The van der Waals surface area contributed by atoms with E-state index in [-0.39, 0.29) is 10.9 Å². The molecule has 1 aliphatic rings. The van der Waals surface area contributed by atoms with Crippen molar-refractivity contribution in [2.24, 2.45) is 0 Å². The van der Waals surface area contributed by atoms with E-state index in [1.165, 1.54) is 0 Å². The molecule has 6 heteroatoms. The van der Waals surface area contributed by atoms with Gasteiger partial charge in [-0.15, -0.1) is 11.6 Å². The van der Waals surface area contributed by atoms with Crippen molar-refractivity contribution in [1.29, 1.82) is 0 Å². The molecule has 4 nitrogen and oxygen atoms in total. The summed E-state index contributed by atoms with van der Waals surface area (Å²) in [4.78, 5) is 0.245. The Balaban J connectivity index is 2.04. The van der Waals surface area contributed by atoms with Crippen molar-refractivity contribution in [1.82, 2.24) is 4.72 Å². The summed E-state index contributed by atoms with van der Waals surface area (Å²) in [6, 6.07) is 6.48. The highest BCUT2D eigenvalue weighted by Crippen LogP contribution is 2.21. The van der Waals surface area contributed by atoms with Gasteiger partial charge >= 0.3 is 0 Å². The lowest BCUT2D eigenvalue weighted by Gasteiger charge is -2.28. The van der Waals surface area contributed by atoms with Gasteiger partial charge in [0.1, 0.15) is 0 Å². The Bertz CT molecular complexity index is 545. The fraction of sp³-hybridized carbons (Fsp3) is 0.600. The number of aliphatic hydroxyl groups excluding tert-OH is 1. The number of aryl methyl sites for hydroxylation is 1. The lowest BCUT2D eigenvalue weighted by atomic mass is 9.93. The maximum Gasteiger partial charge on any atom is 0.240 e. The zero-order chi connectivity index (χ0) is 15.3. The molecular weight excluding hydrogens is 310 g/mol. The molecule has 2 unspecified atom stereocenters. The number of hydrogen-bond acceptors (Lipinski definition) is 3. The molecule has 21 heavy (non-hydrogen) atoms. The molecule has 0 amide bonds. The second-order valence-corrected chi connectivity index (χ2v) is 7.61. The summed E-state index contributed by atoms with van der Waals surface area (Å²) in [5.74, 6) is 0.598. The van der Waals surface area contributed by atoms with Gasteiger partial charge in [-0.05, 0) is 43.4 Å². The number of benzene rings is 1. The molecule has 1 aliphatic carbocycles. The molecule has 2 rings (SSSR count). The molecule has 0 spiro atoms. The molecule has 2 atom stereocenters. The minimum absolute atomic E-state index is 0.245. The fourth-order valence-corrected chi connectivity index (χ4v) is 4.06. The van der Waals surface area contributed by atoms with E-state index in [0.29, 0.717) is 18.7 Å². The molecule has 118 valence electrons. The Morgan fingerprint density at radius 2 is 1.86 bits per heavy atom. The van der Waals surface area contributed by atoms with E-state index in [9.17, 15) is 13.5 Å². The molecule has 1 saturated carbocycles. The number of halogens is 1. The van der Waals surface area contributed by atoms with E-state index in [0.717, 1.165) is 31.2 Å². The summed E-state index contributed by atoms with van der Waals surface area (Å²) in [6.07, 6.45) is 4.38. The summed E-state index contributed by atoms with van der Waals surface area (Å²) >= 11 is 5.65. The molecule has 0 aliphatic heterocycles. The average molecular weight is 332 g/mol. The van der Waals surface area contributed by atoms with Gasteiger partial charge in [0.25, 0.3) is 0 Å². The van der Waals surface area contributed by atoms with Gasteiger partial charge in [0.2, 0.25) is 10.0 Å². The SMILES string of the molecule is O=S(=O)(NC1CCCCC1O)c1ccc(CCCCl)cc1. The van der Waals surface area contributed by atoms with E-state index in [1.807, 2.05) is 12.1 Å². The molecule has 1 aromatic carbocycles. The van der Waals surface area contributed by atoms with Gasteiger partial charge in [0, 0.05) is 11.9 Å². The Kier molecular flexibility index (Phi) is 6.05. The van der Waals surface area contributed by atoms with Crippen LogP contribution in [0.5, 0.6) is 0 Å². The normalized spacial score (nSPS) is 23.1. The molecular formula is C15H22ClNO3S. The Labute approximate surface area is 131 Å². The number of aliphatic hydroxyl groups is 1. The van der Waals surface area contributed by atoms with Crippen molar-refractivity contribution in [2.45, 2.75) is 55.6 Å². The van der Waals surface area contributed by atoms with E-state index in [2.05, 4.69) is 4.72 Å². The quantitative estimate of drug-likeness (QED) is 0.787. The largest absolute Gasteiger partial charge is 0.391 e. The first-order valence-electron chi connectivity index (χ1n) is 7.38. The van der Waals surface area contributed by atoms with E-state index in [1.54, 1.807) is 12.1 Å². The number of rotatable bonds is 6. The molecule has 0 saturated heterocycles. The Morgan fingerprint density at radius 3 is 2.48 bits per heavy atom. The van der Waals surface area contributed by atoms with Crippen molar-refractivity contribution < 1.29 is 13.5 Å². The van der Waals surface area contributed by atoms with Crippen molar-refractivity contribution >= 4 is 21.6 Å². The lowest BCUT2D eigenvalue weighted by molar-refractivity contribution is 0.101. The van der Waals surface area contributed by atoms with Crippen molar-refractivity contribution in [3.8, 4) is 0 Å². The summed E-state index contributed by atoms with van der Waals surface area (Å²) in [5, 5.41) is 9.88. The van der Waals surface area contributed by atoms with Gasteiger partial charge in [-0.3, -0.25) is 0 Å². The first-order chi connectivity index (χ1) is 10.0. The minimum atomic E-state index is -3.57. The van der Waals surface area contributed by atoms with Gasteiger partial charge in [-0.2, -0.15) is 0 Å². The highest BCUT2D eigenvalue weighted by molar-refractivity contribution is 7.89. The van der Waals surface area contributed by atoms with Crippen LogP contribution in [-0.4, -0.2) is 31.6 Å².